The van der Waals surface area contributed by atoms with Crippen LogP contribution in [-0.4, -0.2) is 73.7 Å². The molecule has 0 aliphatic carbocycles. The first-order valence-electron chi connectivity index (χ1n) is 8.97. The van der Waals surface area contributed by atoms with Gasteiger partial charge in [0.2, 0.25) is 5.28 Å². The first-order valence-corrected chi connectivity index (χ1v) is 9.73. The van der Waals surface area contributed by atoms with Gasteiger partial charge in [-0.25, -0.2) is 14.8 Å². The van der Waals surface area contributed by atoms with E-state index in [0.29, 0.717) is 24.3 Å². The van der Waals surface area contributed by atoms with Crippen LogP contribution in [0.3, 0.4) is 0 Å². The normalized spacial score (nSPS) is 16.1. The second-order valence-electron chi connectivity index (χ2n) is 7.56. The number of hydrogen-bond acceptors (Lipinski definition) is 6. The summed E-state index contributed by atoms with van der Waals surface area (Å²) in [5.74, 6) is 0. The van der Waals surface area contributed by atoms with Gasteiger partial charge in [0.05, 0.1) is 6.33 Å². The van der Waals surface area contributed by atoms with E-state index in [4.69, 9.17) is 27.9 Å². The van der Waals surface area contributed by atoms with Crippen LogP contribution in [0.4, 0.5) is 4.79 Å². The Morgan fingerprint density at radius 1 is 1.15 bits per heavy atom. The molecule has 1 saturated heterocycles. The molecule has 8 nitrogen and oxygen atoms in total. The van der Waals surface area contributed by atoms with Crippen molar-refractivity contribution in [1.82, 2.24) is 29.3 Å². The number of piperazine rings is 1. The fourth-order valence-corrected chi connectivity index (χ4v) is 3.41. The van der Waals surface area contributed by atoms with Gasteiger partial charge in [0.1, 0.15) is 11.1 Å². The quantitative estimate of drug-likeness (QED) is 0.564. The van der Waals surface area contributed by atoms with Crippen molar-refractivity contribution in [3.05, 3.63) is 16.8 Å². The van der Waals surface area contributed by atoms with Gasteiger partial charge < -0.3 is 14.2 Å². The number of carbonyl (C=O) groups is 1. The molecule has 0 unspecified atom stereocenters. The van der Waals surface area contributed by atoms with Crippen molar-refractivity contribution in [3.8, 4) is 0 Å². The molecule has 1 fully saturated rings. The number of aromatic nitrogens is 4. The summed E-state index contributed by atoms with van der Waals surface area (Å²) in [6.45, 7) is 10.4. The Kier molecular flexibility index (Phi) is 6.08. The molecular formula is C17H24Cl2N6O2. The van der Waals surface area contributed by atoms with Crippen molar-refractivity contribution in [1.29, 1.82) is 0 Å². The fraction of sp³-hybridized carbons (Fsp3) is 0.647. The predicted molar refractivity (Wildman–Crippen MR) is 104 cm³/mol. The monoisotopic (exact) mass is 414 g/mol. The number of nitrogens with zero attached hydrogens (tertiary/aromatic N) is 6. The Labute approximate surface area is 168 Å². The number of aryl methyl sites for hydroxylation is 1. The molecule has 2 aromatic heterocycles. The summed E-state index contributed by atoms with van der Waals surface area (Å²) in [6, 6.07) is 0. The van der Waals surface area contributed by atoms with Gasteiger partial charge in [-0.05, 0) is 45.3 Å². The Morgan fingerprint density at radius 3 is 2.52 bits per heavy atom. The third-order valence-corrected chi connectivity index (χ3v) is 4.72. The summed E-state index contributed by atoms with van der Waals surface area (Å²) in [6.07, 6.45) is 2.40. The van der Waals surface area contributed by atoms with Crippen molar-refractivity contribution in [2.75, 3.05) is 32.7 Å². The molecule has 27 heavy (non-hydrogen) atoms. The van der Waals surface area contributed by atoms with Crippen molar-refractivity contribution >= 4 is 40.5 Å². The van der Waals surface area contributed by atoms with Crippen LogP contribution >= 0.6 is 23.2 Å². The average Bonchev–Trinajstić information content (AvgIpc) is 2.97. The zero-order valence-corrected chi connectivity index (χ0v) is 17.3. The van der Waals surface area contributed by atoms with Crippen LogP contribution in [0.5, 0.6) is 0 Å². The van der Waals surface area contributed by atoms with Crippen molar-refractivity contribution in [2.24, 2.45) is 0 Å². The maximum absolute atomic E-state index is 12.1. The van der Waals surface area contributed by atoms with Crippen LogP contribution < -0.4 is 0 Å². The highest BCUT2D eigenvalue weighted by Crippen LogP contribution is 2.20. The zero-order valence-electron chi connectivity index (χ0n) is 15.8. The SMILES string of the molecule is CC(C)(C)OC(=O)N1CCN(CCCn2cnc3c(Cl)nc(Cl)nc32)CC1. The molecule has 0 spiro atoms. The molecule has 1 aliphatic heterocycles. The minimum atomic E-state index is -0.461. The molecule has 0 aromatic carbocycles. The highest BCUT2D eigenvalue weighted by molar-refractivity contribution is 6.35. The summed E-state index contributed by atoms with van der Waals surface area (Å²) < 4.78 is 7.36. The Morgan fingerprint density at radius 2 is 1.85 bits per heavy atom. The molecule has 0 atom stereocenters. The van der Waals surface area contributed by atoms with E-state index in [1.54, 1.807) is 11.2 Å². The van der Waals surface area contributed by atoms with E-state index in [1.807, 2.05) is 25.3 Å². The fourth-order valence-electron chi connectivity index (χ4n) is 2.99. The Balaban J connectivity index is 1.47. The number of amides is 1. The Hall–Kier alpha value is -1.64. The van der Waals surface area contributed by atoms with Crippen molar-refractivity contribution in [3.63, 3.8) is 0 Å². The second-order valence-corrected chi connectivity index (χ2v) is 8.25. The number of rotatable bonds is 4. The lowest BCUT2D eigenvalue weighted by Gasteiger charge is -2.35. The van der Waals surface area contributed by atoms with Gasteiger partial charge in [-0.15, -0.1) is 0 Å². The minimum Gasteiger partial charge on any atom is -0.444 e. The maximum atomic E-state index is 12.1. The summed E-state index contributed by atoms with van der Waals surface area (Å²) in [5.41, 5.74) is 0.749. The molecule has 148 valence electrons. The van der Waals surface area contributed by atoms with E-state index in [0.717, 1.165) is 32.6 Å². The van der Waals surface area contributed by atoms with E-state index in [2.05, 4.69) is 19.9 Å². The van der Waals surface area contributed by atoms with E-state index in [1.165, 1.54) is 0 Å². The molecule has 3 rings (SSSR count). The van der Waals surface area contributed by atoms with Gasteiger partial charge in [-0.1, -0.05) is 11.6 Å². The number of fused-ring (bicyclic) bond motifs is 1. The van der Waals surface area contributed by atoms with Gasteiger partial charge >= 0.3 is 6.09 Å². The van der Waals surface area contributed by atoms with Crippen LogP contribution in [0.2, 0.25) is 10.4 Å². The van der Waals surface area contributed by atoms with Crippen LogP contribution in [0, 0.1) is 0 Å². The number of ether oxygens (including phenoxy) is 1. The van der Waals surface area contributed by atoms with Crippen LogP contribution in [-0.2, 0) is 11.3 Å². The van der Waals surface area contributed by atoms with Gasteiger partial charge in [-0.2, -0.15) is 4.98 Å². The summed E-state index contributed by atoms with van der Waals surface area (Å²) >= 11 is 11.9. The highest BCUT2D eigenvalue weighted by atomic mass is 35.5. The zero-order chi connectivity index (χ0) is 19.6. The van der Waals surface area contributed by atoms with E-state index >= 15 is 0 Å². The number of imidazole rings is 1. The number of hydrogen-bond donors (Lipinski definition) is 0. The maximum Gasteiger partial charge on any atom is 0.410 e. The first-order chi connectivity index (χ1) is 12.7. The molecule has 0 saturated carbocycles. The standard InChI is InChI=1S/C17H24Cl2N6O2/c1-17(2,3)27-16(26)24-9-7-23(8-10-24)5-4-6-25-11-20-12-13(18)21-15(19)22-14(12)25/h11H,4-10H2,1-3H3. The lowest BCUT2D eigenvalue weighted by molar-refractivity contribution is 0.0144. The molecule has 2 aromatic rings. The summed E-state index contributed by atoms with van der Waals surface area (Å²) in [5, 5.41) is 0.384. The molecule has 1 aliphatic rings. The van der Waals surface area contributed by atoms with Crippen LogP contribution in [0.25, 0.3) is 11.2 Å². The lowest BCUT2D eigenvalue weighted by atomic mass is 10.2. The number of halogens is 2. The smallest absolute Gasteiger partial charge is 0.410 e. The molecule has 0 N–H and O–H groups in total. The summed E-state index contributed by atoms with van der Waals surface area (Å²) in [4.78, 5) is 28.6. The lowest BCUT2D eigenvalue weighted by Crippen LogP contribution is -2.50. The molecule has 0 radical (unpaired) electrons. The van der Waals surface area contributed by atoms with Gasteiger partial charge in [0, 0.05) is 32.7 Å². The van der Waals surface area contributed by atoms with E-state index < -0.39 is 5.60 Å². The van der Waals surface area contributed by atoms with Crippen molar-refractivity contribution < 1.29 is 9.53 Å². The second kappa shape index (κ2) is 8.16. The van der Waals surface area contributed by atoms with Crippen molar-refractivity contribution in [2.45, 2.75) is 39.3 Å². The molecule has 0 bridgehead atoms. The topological polar surface area (TPSA) is 76.4 Å². The third kappa shape index (κ3) is 5.21. The minimum absolute atomic E-state index is 0.118. The van der Waals surface area contributed by atoms with Crippen LogP contribution in [0.1, 0.15) is 27.2 Å². The molecule has 10 heteroatoms. The first kappa shape index (κ1) is 20.1. The predicted octanol–water partition coefficient (Wildman–Crippen LogP) is 3.08. The largest absolute Gasteiger partial charge is 0.444 e. The average molecular weight is 415 g/mol. The van der Waals surface area contributed by atoms with Gasteiger partial charge in [-0.3, -0.25) is 4.90 Å². The van der Waals surface area contributed by atoms with E-state index in [-0.39, 0.29) is 16.5 Å². The van der Waals surface area contributed by atoms with Crippen LogP contribution in [0.15, 0.2) is 6.33 Å². The molecular weight excluding hydrogens is 391 g/mol. The third-order valence-electron chi connectivity index (χ3n) is 4.29. The van der Waals surface area contributed by atoms with Gasteiger partial charge in [0.25, 0.3) is 0 Å². The summed E-state index contributed by atoms with van der Waals surface area (Å²) in [7, 11) is 0. The highest BCUT2D eigenvalue weighted by Gasteiger charge is 2.25. The van der Waals surface area contributed by atoms with Gasteiger partial charge in [0.15, 0.2) is 10.8 Å². The van der Waals surface area contributed by atoms with E-state index in [9.17, 15) is 4.79 Å². The Bertz CT molecular complexity index is 812. The molecule has 3 heterocycles. The molecule has 1 amide bonds. The number of carbonyl (C=O) groups excluding carboxylic acids is 1.